The number of quaternary nitrogens is 1. The maximum Gasteiger partial charge on any atom is 0.532 e. The molecule has 0 aromatic rings. The Morgan fingerprint density at radius 1 is 1.58 bits per heavy atom. The average Bonchev–Trinajstić information content (AvgIpc) is 1.85. The first-order valence-electron chi connectivity index (χ1n) is 3.73. The summed E-state index contributed by atoms with van der Waals surface area (Å²) in [4.78, 5) is 11.1. The van der Waals surface area contributed by atoms with E-state index in [0.29, 0.717) is 0 Å². The third-order valence-electron chi connectivity index (χ3n) is 1.54. The van der Waals surface area contributed by atoms with Crippen LogP contribution < -0.4 is 0 Å². The second-order valence-corrected chi connectivity index (χ2v) is 4.71. The molecule has 0 N–H and O–H groups in total. The van der Waals surface area contributed by atoms with Crippen molar-refractivity contribution in [3.63, 3.8) is 0 Å². The fourth-order valence-electron chi connectivity index (χ4n) is 0.559. The van der Waals surface area contributed by atoms with Crippen molar-refractivity contribution in [2.45, 2.75) is 6.92 Å². The highest BCUT2D eigenvalue weighted by Crippen LogP contribution is 2.24. The van der Waals surface area contributed by atoms with Crippen LogP contribution in [0.2, 0.25) is 0 Å². The van der Waals surface area contributed by atoms with E-state index in [9.17, 15) is 9.11 Å². The molecule has 0 saturated heterocycles. The van der Waals surface area contributed by atoms with Crippen molar-refractivity contribution in [2.75, 3.05) is 27.7 Å². The Kier molecular flexibility index (Phi) is 3.71. The molecule has 12 heavy (non-hydrogen) atoms. The van der Waals surface area contributed by atoms with Gasteiger partial charge in [0, 0.05) is 21.1 Å². The SMILES string of the molecule is CCOC(=O)[B-](F)(Br)[N+](C)(C)C. The minimum atomic E-state index is -2.83. The molecule has 0 fully saturated rings. The van der Waals surface area contributed by atoms with Crippen LogP contribution >= 0.6 is 15.8 Å². The highest BCUT2D eigenvalue weighted by molar-refractivity contribution is 9.26. The van der Waals surface area contributed by atoms with Gasteiger partial charge in [-0.05, 0) is 6.92 Å². The van der Waals surface area contributed by atoms with E-state index in [0.717, 1.165) is 0 Å². The van der Waals surface area contributed by atoms with Gasteiger partial charge in [-0.25, -0.2) is 15.8 Å². The molecule has 0 aromatic carbocycles. The van der Waals surface area contributed by atoms with Gasteiger partial charge in [0.15, 0.2) is 0 Å². The first kappa shape index (κ1) is 11.9. The molecule has 0 rings (SSSR count). The number of halogens is 2. The van der Waals surface area contributed by atoms with Crippen LogP contribution in [-0.2, 0) is 4.74 Å². The quantitative estimate of drug-likeness (QED) is 0.704. The minimum absolute atomic E-state index is 0.112. The summed E-state index contributed by atoms with van der Waals surface area (Å²) >= 11 is 2.76. The van der Waals surface area contributed by atoms with Gasteiger partial charge in [0.05, 0.1) is 6.61 Å². The van der Waals surface area contributed by atoms with E-state index in [4.69, 9.17) is 0 Å². The zero-order valence-electron chi connectivity index (χ0n) is 7.80. The first-order valence-corrected chi connectivity index (χ1v) is 4.64. The van der Waals surface area contributed by atoms with Crippen LogP contribution in [0.25, 0.3) is 0 Å². The number of hydrogen-bond donors (Lipinski definition) is 0. The molecule has 0 spiro atoms. The summed E-state index contributed by atoms with van der Waals surface area (Å²) in [6.07, 6.45) is 0. The number of carbonyl (C=O) groups is 1. The molecule has 0 aliphatic carbocycles. The molecule has 1 atom stereocenters. The standard InChI is InChI=1S/C6H14BBrFNO2/c1-5-12-6(11)7(8,9)10(2,3)4/h5H2,1-4H3. The Labute approximate surface area is 80.4 Å². The summed E-state index contributed by atoms with van der Waals surface area (Å²) in [5.41, 5.74) is 0. The highest BCUT2D eigenvalue weighted by atomic mass is 79.9. The number of hydrogen-bond acceptors (Lipinski definition) is 2. The largest absolute Gasteiger partial charge is 0.532 e. The molecule has 1 unspecified atom stereocenters. The molecule has 3 nitrogen and oxygen atoms in total. The van der Waals surface area contributed by atoms with Crippen molar-refractivity contribution in [3.05, 3.63) is 0 Å². The first-order chi connectivity index (χ1) is 5.23. The molecule has 0 aliphatic rings. The fraction of sp³-hybridized carbons (Fsp3) is 0.833. The summed E-state index contributed by atoms with van der Waals surface area (Å²) in [6.45, 7) is 1.84. The van der Waals surface area contributed by atoms with Crippen molar-refractivity contribution < 1.29 is 18.2 Å². The molecule has 72 valence electrons. The van der Waals surface area contributed by atoms with Gasteiger partial charge in [0.25, 0.3) is 5.87 Å². The predicted molar refractivity (Wildman–Crippen MR) is 50.8 cm³/mol. The zero-order valence-corrected chi connectivity index (χ0v) is 9.39. The van der Waals surface area contributed by atoms with Crippen molar-refractivity contribution in [1.82, 2.24) is 0 Å². The molecule has 0 heterocycles. The Bertz CT molecular complexity index is 181. The average molecular weight is 242 g/mol. The van der Waals surface area contributed by atoms with E-state index in [1.165, 1.54) is 0 Å². The van der Waals surface area contributed by atoms with E-state index in [2.05, 4.69) is 20.5 Å². The van der Waals surface area contributed by atoms with Gasteiger partial charge in [-0.2, -0.15) is 0 Å². The van der Waals surface area contributed by atoms with Gasteiger partial charge < -0.3 is 13.4 Å². The van der Waals surface area contributed by atoms with Crippen LogP contribution in [0.15, 0.2) is 0 Å². The zero-order chi connectivity index (χ0) is 9.99. The van der Waals surface area contributed by atoms with Crippen LogP contribution in [0.3, 0.4) is 0 Å². The van der Waals surface area contributed by atoms with E-state index in [1.54, 1.807) is 28.1 Å². The second kappa shape index (κ2) is 3.74. The molecule has 0 aliphatic heterocycles. The summed E-state index contributed by atoms with van der Waals surface area (Å²) in [7, 11) is 4.77. The van der Waals surface area contributed by atoms with E-state index in [-0.39, 0.29) is 11.0 Å². The molecular weight excluding hydrogens is 228 g/mol. The minimum Gasteiger partial charge on any atom is -0.490 e. The van der Waals surface area contributed by atoms with Gasteiger partial charge in [-0.15, -0.1) is 0 Å². The van der Waals surface area contributed by atoms with E-state index >= 15 is 0 Å². The van der Waals surface area contributed by atoms with Crippen LogP contribution in [0.5, 0.6) is 0 Å². The lowest BCUT2D eigenvalue weighted by Crippen LogP contribution is -2.60. The van der Waals surface area contributed by atoms with Gasteiger partial charge in [-0.1, -0.05) is 0 Å². The number of carbonyl (C=O) groups excluding carboxylic acids is 1. The Balaban J connectivity index is 4.50. The Hall–Kier alpha value is -0.0951. The molecular formula is C6H14BBrFNO2. The predicted octanol–water partition coefficient (Wildman–Crippen LogP) is 1.73. The lowest BCUT2D eigenvalue weighted by atomic mass is 9.82. The van der Waals surface area contributed by atoms with Crippen molar-refractivity contribution in [2.24, 2.45) is 0 Å². The highest BCUT2D eigenvalue weighted by Gasteiger charge is 2.46. The normalized spacial score (nSPS) is 16.8. The number of ether oxygens (including phenoxy) is 1. The monoisotopic (exact) mass is 241 g/mol. The van der Waals surface area contributed by atoms with Gasteiger partial charge in [0.1, 0.15) is 0 Å². The third kappa shape index (κ3) is 2.45. The van der Waals surface area contributed by atoms with Gasteiger partial charge >= 0.3 is 5.38 Å². The molecule has 0 aromatic heterocycles. The molecule has 0 saturated carbocycles. The lowest BCUT2D eigenvalue weighted by molar-refractivity contribution is -0.767. The van der Waals surface area contributed by atoms with Crippen LogP contribution in [0, 0.1) is 0 Å². The fourth-order valence-corrected chi connectivity index (χ4v) is 0.691. The van der Waals surface area contributed by atoms with E-state index < -0.39 is 11.3 Å². The van der Waals surface area contributed by atoms with Crippen molar-refractivity contribution >= 4 is 27.0 Å². The topological polar surface area (TPSA) is 26.3 Å². The summed E-state index contributed by atoms with van der Waals surface area (Å²) < 4.78 is 18.1. The molecule has 0 amide bonds. The molecule has 0 radical (unpaired) electrons. The maximum absolute atomic E-state index is 13.7. The van der Waals surface area contributed by atoms with E-state index in [1.807, 2.05) is 0 Å². The van der Waals surface area contributed by atoms with Crippen molar-refractivity contribution in [1.29, 1.82) is 0 Å². The Morgan fingerprint density at radius 2 is 2.00 bits per heavy atom. The molecule has 6 heteroatoms. The lowest BCUT2D eigenvalue weighted by Gasteiger charge is -2.41. The number of rotatable bonds is 3. The van der Waals surface area contributed by atoms with Gasteiger partial charge in [0.2, 0.25) is 0 Å². The maximum atomic E-state index is 13.7. The van der Waals surface area contributed by atoms with Crippen LogP contribution in [0.4, 0.5) is 9.11 Å². The second-order valence-electron chi connectivity index (χ2n) is 3.49. The van der Waals surface area contributed by atoms with Gasteiger partial charge in [-0.3, -0.25) is 4.79 Å². The van der Waals surface area contributed by atoms with Crippen molar-refractivity contribution in [3.8, 4) is 0 Å². The summed E-state index contributed by atoms with van der Waals surface area (Å²) in [5, 5.41) is -2.83. The smallest absolute Gasteiger partial charge is 0.490 e. The third-order valence-corrected chi connectivity index (χ3v) is 3.15. The van der Waals surface area contributed by atoms with Crippen LogP contribution in [0.1, 0.15) is 6.92 Å². The van der Waals surface area contributed by atoms with Crippen LogP contribution in [-0.4, -0.2) is 43.4 Å². The summed E-state index contributed by atoms with van der Waals surface area (Å²) in [6, 6.07) is 0. The molecule has 0 bridgehead atoms. The Morgan fingerprint density at radius 3 is 2.25 bits per heavy atom. The summed E-state index contributed by atoms with van der Waals surface area (Å²) in [5.74, 6) is -0.829. The number of nitrogens with zero attached hydrogens (tertiary/aromatic N) is 1.